The number of pyridine rings is 1. The van der Waals surface area contributed by atoms with Gasteiger partial charge in [-0.3, -0.25) is 4.68 Å². The van der Waals surface area contributed by atoms with Crippen molar-refractivity contribution in [2.45, 2.75) is 13.5 Å². The Labute approximate surface area is 175 Å². The number of hydrogen-bond donors (Lipinski definition) is 1. The second-order valence-corrected chi connectivity index (χ2v) is 8.21. The van der Waals surface area contributed by atoms with Crippen LogP contribution in [0.1, 0.15) is 10.4 Å². The number of aryl methyl sites for hydroxylation is 1. The molecule has 1 aromatic carbocycles. The standard InChI is InChI=1S/C20H18BrN5OS/c1-13-18(24-20(28-13)25-19-17(21)4-3-9-22-19)15-10-23-26(12-15)11-14-5-7-16(27-2)8-6-14/h3-10,12H,11H2,1-2H3,(H,22,24,25). The lowest BCUT2D eigenvalue weighted by molar-refractivity contribution is 0.414. The third-order valence-corrected chi connectivity index (χ3v) is 5.72. The number of anilines is 2. The molecular formula is C20H18BrN5OS. The molecule has 8 heteroatoms. The van der Waals surface area contributed by atoms with Crippen LogP contribution in [-0.2, 0) is 6.54 Å². The summed E-state index contributed by atoms with van der Waals surface area (Å²) in [5, 5.41) is 8.56. The van der Waals surface area contributed by atoms with E-state index in [1.165, 1.54) is 0 Å². The summed E-state index contributed by atoms with van der Waals surface area (Å²) in [6.45, 7) is 2.76. The van der Waals surface area contributed by atoms with Crippen molar-refractivity contribution in [3.63, 3.8) is 0 Å². The van der Waals surface area contributed by atoms with Crippen LogP contribution in [0.25, 0.3) is 11.3 Å². The van der Waals surface area contributed by atoms with Gasteiger partial charge in [-0.05, 0) is 52.7 Å². The molecule has 4 rings (SSSR count). The zero-order chi connectivity index (χ0) is 19.5. The Morgan fingerprint density at radius 3 is 2.79 bits per heavy atom. The normalized spacial score (nSPS) is 10.8. The summed E-state index contributed by atoms with van der Waals surface area (Å²) in [5.74, 6) is 1.60. The Morgan fingerprint density at radius 1 is 1.21 bits per heavy atom. The maximum Gasteiger partial charge on any atom is 0.189 e. The van der Waals surface area contributed by atoms with Crippen LogP contribution in [0.15, 0.2) is 59.5 Å². The Morgan fingerprint density at radius 2 is 2.04 bits per heavy atom. The second-order valence-electron chi connectivity index (χ2n) is 6.16. The smallest absolute Gasteiger partial charge is 0.189 e. The predicted octanol–water partition coefficient (Wildman–Crippen LogP) is 5.27. The van der Waals surface area contributed by atoms with Gasteiger partial charge in [-0.2, -0.15) is 5.10 Å². The third kappa shape index (κ3) is 4.07. The van der Waals surface area contributed by atoms with Crippen LogP contribution in [0.4, 0.5) is 10.9 Å². The Balaban J connectivity index is 1.52. The zero-order valence-corrected chi connectivity index (χ0v) is 17.8. The molecule has 0 unspecified atom stereocenters. The van der Waals surface area contributed by atoms with E-state index in [0.717, 1.165) is 42.9 Å². The Hall–Kier alpha value is -2.71. The third-order valence-electron chi connectivity index (χ3n) is 4.19. The molecule has 3 aromatic heterocycles. The minimum atomic E-state index is 0.694. The summed E-state index contributed by atoms with van der Waals surface area (Å²) in [6, 6.07) is 11.8. The van der Waals surface area contributed by atoms with Crippen LogP contribution in [0.2, 0.25) is 0 Å². The van der Waals surface area contributed by atoms with Crippen LogP contribution in [0.5, 0.6) is 5.75 Å². The molecule has 0 spiro atoms. The number of thiazole rings is 1. The minimum absolute atomic E-state index is 0.694. The van der Waals surface area contributed by atoms with Gasteiger partial charge in [0, 0.05) is 22.8 Å². The first-order chi connectivity index (χ1) is 13.6. The largest absolute Gasteiger partial charge is 0.497 e. The van der Waals surface area contributed by atoms with Gasteiger partial charge in [-0.15, -0.1) is 11.3 Å². The molecule has 0 atom stereocenters. The average molecular weight is 456 g/mol. The second kappa shape index (κ2) is 8.12. The summed E-state index contributed by atoms with van der Waals surface area (Å²) < 4.78 is 8.02. The van der Waals surface area contributed by atoms with Crippen molar-refractivity contribution in [1.82, 2.24) is 19.7 Å². The van der Waals surface area contributed by atoms with Crippen molar-refractivity contribution < 1.29 is 4.74 Å². The molecule has 0 aliphatic heterocycles. The Bertz CT molecular complexity index is 1090. The molecular weight excluding hydrogens is 438 g/mol. The van der Waals surface area contributed by atoms with Crippen molar-refractivity contribution in [2.24, 2.45) is 0 Å². The first-order valence-corrected chi connectivity index (χ1v) is 10.2. The van der Waals surface area contributed by atoms with E-state index in [4.69, 9.17) is 9.72 Å². The summed E-state index contributed by atoms with van der Waals surface area (Å²) >= 11 is 5.09. The Kier molecular flexibility index (Phi) is 5.40. The molecule has 0 radical (unpaired) electrons. The first kappa shape index (κ1) is 18.6. The lowest BCUT2D eigenvalue weighted by Gasteiger charge is -2.03. The van der Waals surface area contributed by atoms with Crippen LogP contribution in [0.3, 0.4) is 0 Å². The predicted molar refractivity (Wildman–Crippen MR) is 115 cm³/mol. The van der Waals surface area contributed by atoms with E-state index >= 15 is 0 Å². The molecule has 0 amide bonds. The molecule has 28 heavy (non-hydrogen) atoms. The van der Waals surface area contributed by atoms with Crippen molar-refractivity contribution in [3.05, 3.63) is 69.9 Å². The zero-order valence-electron chi connectivity index (χ0n) is 15.4. The first-order valence-electron chi connectivity index (χ1n) is 8.63. The van der Waals surface area contributed by atoms with Gasteiger partial charge in [0.15, 0.2) is 5.13 Å². The molecule has 142 valence electrons. The lowest BCUT2D eigenvalue weighted by atomic mass is 10.2. The monoisotopic (exact) mass is 455 g/mol. The number of halogens is 1. The molecule has 0 fully saturated rings. The molecule has 4 aromatic rings. The van der Waals surface area contributed by atoms with Gasteiger partial charge < -0.3 is 10.1 Å². The number of methoxy groups -OCH3 is 1. The van der Waals surface area contributed by atoms with Crippen molar-refractivity contribution in [3.8, 4) is 17.0 Å². The van der Waals surface area contributed by atoms with Crippen molar-refractivity contribution in [2.75, 3.05) is 12.4 Å². The molecule has 0 saturated carbocycles. The highest BCUT2D eigenvalue weighted by Gasteiger charge is 2.13. The maximum absolute atomic E-state index is 5.20. The van der Waals surface area contributed by atoms with E-state index < -0.39 is 0 Å². The molecule has 1 N–H and O–H groups in total. The fraction of sp³-hybridized carbons (Fsp3) is 0.150. The molecule has 0 aliphatic carbocycles. The van der Waals surface area contributed by atoms with E-state index in [2.05, 4.69) is 38.3 Å². The van der Waals surface area contributed by atoms with Gasteiger partial charge in [0.05, 0.1) is 30.0 Å². The highest BCUT2D eigenvalue weighted by molar-refractivity contribution is 9.10. The number of hydrogen-bond acceptors (Lipinski definition) is 6. The van der Waals surface area contributed by atoms with E-state index in [1.54, 1.807) is 24.6 Å². The summed E-state index contributed by atoms with van der Waals surface area (Å²) in [6.07, 6.45) is 5.62. The van der Waals surface area contributed by atoms with Crippen LogP contribution >= 0.6 is 27.3 Å². The number of nitrogens with one attached hydrogen (secondary N) is 1. The average Bonchev–Trinajstić information content (AvgIpc) is 3.30. The van der Waals surface area contributed by atoms with E-state index in [1.807, 2.05) is 53.5 Å². The maximum atomic E-state index is 5.20. The quantitative estimate of drug-likeness (QED) is 0.428. The van der Waals surface area contributed by atoms with Crippen LogP contribution < -0.4 is 10.1 Å². The highest BCUT2D eigenvalue weighted by Crippen LogP contribution is 2.33. The van der Waals surface area contributed by atoms with E-state index in [0.29, 0.717) is 6.54 Å². The molecule has 6 nitrogen and oxygen atoms in total. The topological polar surface area (TPSA) is 64.9 Å². The van der Waals surface area contributed by atoms with E-state index in [-0.39, 0.29) is 0 Å². The number of benzene rings is 1. The number of aromatic nitrogens is 4. The molecule has 0 aliphatic rings. The summed E-state index contributed by atoms with van der Waals surface area (Å²) in [4.78, 5) is 10.2. The van der Waals surface area contributed by atoms with Crippen LogP contribution in [-0.4, -0.2) is 26.9 Å². The van der Waals surface area contributed by atoms with Crippen molar-refractivity contribution in [1.29, 1.82) is 0 Å². The fourth-order valence-electron chi connectivity index (χ4n) is 2.79. The molecule has 3 heterocycles. The fourth-order valence-corrected chi connectivity index (χ4v) is 3.98. The van der Waals surface area contributed by atoms with Gasteiger partial charge in [0.2, 0.25) is 0 Å². The van der Waals surface area contributed by atoms with Gasteiger partial charge in [0.1, 0.15) is 11.6 Å². The number of rotatable bonds is 6. The van der Waals surface area contributed by atoms with Gasteiger partial charge >= 0.3 is 0 Å². The summed E-state index contributed by atoms with van der Waals surface area (Å²) in [5.41, 5.74) is 3.09. The summed E-state index contributed by atoms with van der Waals surface area (Å²) in [7, 11) is 1.67. The van der Waals surface area contributed by atoms with Gasteiger partial charge in [0.25, 0.3) is 0 Å². The highest BCUT2D eigenvalue weighted by atomic mass is 79.9. The lowest BCUT2D eigenvalue weighted by Crippen LogP contribution is -1.99. The van der Waals surface area contributed by atoms with Gasteiger partial charge in [-0.25, -0.2) is 9.97 Å². The number of nitrogens with zero attached hydrogens (tertiary/aromatic N) is 4. The van der Waals surface area contributed by atoms with Crippen molar-refractivity contribution >= 4 is 38.2 Å². The number of ether oxygens (including phenoxy) is 1. The van der Waals surface area contributed by atoms with E-state index in [9.17, 15) is 0 Å². The molecule has 0 bridgehead atoms. The minimum Gasteiger partial charge on any atom is -0.497 e. The molecule has 0 saturated heterocycles. The van der Waals surface area contributed by atoms with Crippen LogP contribution in [0, 0.1) is 6.92 Å². The van der Waals surface area contributed by atoms with Gasteiger partial charge in [-0.1, -0.05) is 12.1 Å². The SMILES string of the molecule is COc1ccc(Cn2cc(-c3nc(Nc4ncccc4Br)sc3C)cn2)cc1.